The van der Waals surface area contributed by atoms with Crippen LogP contribution in [0.3, 0.4) is 0 Å². The van der Waals surface area contributed by atoms with Crippen LogP contribution >= 0.6 is 11.8 Å². The van der Waals surface area contributed by atoms with Crippen LogP contribution in [-0.4, -0.2) is 28.2 Å². The predicted molar refractivity (Wildman–Crippen MR) is 116 cm³/mol. The smallest absolute Gasteiger partial charge is 0.256 e. The number of thioether (sulfide) groups is 1. The summed E-state index contributed by atoms with van der Waals surface area (Å²) in [7, 11) is 0. The van der Waals surface area contributed by atoms with E-state index in [1.54, 1.807) is 11.8 Å². The SMILES string of the molecule is Cc1c(OCCC(C)Sc2nc3ccccc3o2)ccc(CC(C)CC=O)c1O. The van der Waals surface area contributed by atoms with E-state index >= 15 is 0 Å². The summed E-state index contributed by atoms with van der Waals surface area (Å²) in [4.78, 5) is 15.1. The van der Waals surface area contributed by atoms with Gasteiger partial charge in [-0.25, -0.2) is 4.98 Å². The van der Waals surface area contributed by atoms with Gasteiger partial charge in [0.15, 0.2) is 5.58 Å². The molecule has 1 aromatic heterocycles. The number of carbonyl (C=O) groups excluding carboxylic acids is 1. The molecule has 0 amide bonds. The molecule has 1 heterocycles. The van der Waals surface area contributed by atoms with Crippen LogP contribution in [0.4, 0.5) is 0 Å². The van der Waals surface area contributed by atoms with Gasteiger partial charge in [-0.2, -0.15) is 0 Å². The number of fused-ring (bicyclic) bond motifs is 1. The fourth-order valence-corrected chi connectivity index (χ4v) is 4.00. The molecule has 0 aliphatic heterocycles. The largest absolute Gasteiger partial charge is 0.507 e. The molecule has 1 N–H and O–H groups in total. The van der Waals surface area contributed by atoms with Gasteiger partial charge in [0.2, 0.25) is 0 Å². The van der Waals surface area contributed by atoms with Crippen molar-refractivity contribution < 1.29 is 19.1 Å². The lowest BCUT2D eigenvalue weighted by atomic mass is 9.96. The van der Waals surface area contributed by atoms with Crippen molar-refractivity contribution in [2.45, 2.75) is 50.5 Å². The van der Waals surface area contributed by atoms with E-state index in [4.69, 9.17) is 9.15 Å². The molecule has 2 atom stereocenters. The van der Waals surface area contributed by atoms with Crippen LogP contribution < -0.4 is 4.74 Å². The first-order valence-corrected chi connectivity index (χ1v) is 10.8. The van der Waals surface area contributed by atoms with Crippen LogP contribution in [0.25, 0.3) is 11.1 Å². The number of aldehydes is 1. The predicted octanol–water partition coefficient (Wildman–Crippen LogP) is 5.56. The molecule has 6 heteroatoms. The highest BCUT2D eigenvalue weighted by Gasteiger charge is 2.14. The highest BCUT2D eigenvalue weighted by atomic mass is 32.2. The Hall–Kier alpha value is -2.47. The first kappa shape index (κ1) is 21.2. The Balaban J connectivity index is 1.52. The van der Waals surface area contributed by atoms with Gasteiger partial charge in [-0.15, -0.1) is 0 Å². The van der Waals surface area contributed by atoms with Crippen molar-refractivity contribution in [1.29, 1.82) is 0 Å². The molecule has 154 valence electrons. The summed E-state index contributed by atoms with van der Waals surface area (Å²) in [6.45, 7) is 6.51. The lowest BCUT2D eigenvalue weighted by Gasteiger charge is -2.16. The Kier molecular flexibility index (Phi) is 7.20. The summed E-state index contributed by atoms with van der Waals surface area (Å²) in [5, 5.41) is 11.4. The molecule has 2 aromatic carbocycles. The van der Waals surface area contributed by atoms with Gasteiger partial charge in [-0.05, 0) is 49.4 Å². The fraction of sp³-hybridized carbons (Fsp3) is 0.391. The van der Waals surface area contributed by atoms with E-state index in [2.05, 4.69) is 11.9 Å². The van der Waals surface area contributed by atoms with Gasteiger partial charge >= 0.3 is 0 Å². The van der Waals surface area contributed by atoms with Gasteiger partial charge in [-0.3, -0.25) is 0 Å². The van der Waals surface area contributed by atoms with E-state index in [9.17, 15) is 9.90 Å². The molecule has 0 saturated heterocycles. The molecule has 0 aliphatic carbocycles. The standard InChI is InChI=1S/C23H27NO4S/c1-15(10-12-25)14-18-8-9-20(17(3)22(18)26)27-13-11-16(2)29-23-24-19-6-4-5-7-21(19)28-23/h4-9,12,15-16,26H,10-11,13-14H2,1-3H3. The zero-order valence-electron chi connectivity index (χ0n) is 17.1. The van der Waals surface area contributed by atoms with Crippen LogP contribution in [0.5, 0.6) is 11.5 Å². The van der Waals surface area contributed by atoms with Crippen LogP contribution in [0.2, 0.25) is 0 Å². The molecule has 3 rings (SSSR count). The maximum Gasteiger partial charge on any atom is 0.256 e. The number of hydrogen-bond acceptors (Lipinski definition) is 6. The number of phenols is 1. The molecule has 0 bridgehead atoms. The molecular weight excluding hydrogens is 386 g/mol. The van der Waals surface area contributed by atoms with E-state index < -0.39 is 0 Å². The van der Waals surface area contributed by atoms with Crippen molar-refractivity contribution in [2.75, 3.05) is 6.61 Å². The maximum absolute atomic E-state index is 10.7. The summed E-state index contributed by atoms with van der Waals surface area (Å²) >= 11 is 1.59. The van der Waals surface area contributed by atoms with Crippen LogP contribution in [-0.2, 0) is 11.2 Å². The molecule has 5 nitrogen and oxygen atoms in total. The van der Waals surface area contributed by atoms with Gasteiger partial charge in [0.1, 0.15) is 23.3 Å². The van der Waals surface area contributed by atoms with Crippen LogP contribution in [0.1, 0.15) is 37.8 Å². The molecule has 0 fully saturated rings. The Labute approximate surface area is 175 Å². The molecule has 0 saturated carbocycles. The lowest BCUT2D eigenvalue weighted by Crippen LogP contribution is -2.07. The number of carbonyl (C=O) groups is 1. The summed E-state index contributed by atoms with van der Waals surface area (Å²) in [5.41, 5.74) is 3.25. The third kappa shape index (κ3) is 5.54. The maximum atomic E-state index is 10.7. The average Bonchev–Trinajstić information content (AvgIpc) is 3.09. The van der Waals surface area contributed by atoms with Crippen LogP contribution in [0, 0.1) is 12.8 Å². The van der Waals surface area contributed by atoms with Gasteiger partial charge in [0.05, 0.1) is 6.61 Å². The van der Waals surface area contributed by atoms with Gasteiger partial charge in [0.25, 0.3) is 5.22 Å². The van der Waals surface area contributed by atoms with Crippen molar-refractivity contribution in [1.82, 2.24) is 4.98 Å². The van der Waals surface area contributed by atoms with Gasteiger partial charge < -0.3 is 19.1 Å². The molecule has 0 radical (unpaired) electrons. The van der Waals surface area contributed by atoms with Crippen molar-refractivity contribution in [3.8, 4) is 11.5 Å². The lowest BCUT2D eigenvalue weighted by molar-refractivity contribution is -0.108. The summed E-state index contributed by atoms with van der Waals surface area (Å²) < 4.78 is 11.7. The Morgan fingerprint density at radius 1 is 1.24 bits per heavy atom. The quantitative estimate of drug-likeness (QED) is 0.347. The second kappa shape index (κ2) is 9.83. The van der Waals surface area contributed by atoms with Crippen molar-refractivity contribution >= 4 is 29.1 Å². The van der Waals surface area contributed by atoms with E-state index in [-0.39, 0.29) is 16.9 Å². The van der Waals surface area contributed by atoms with Crippen molar-refractivity contribution in [3.63, 3.8) is 0 Å². The number of phenolic OH excluding ortho intramolecular Hbond substituents is 1. The number of oxazole rings is 1. The highest BCUT2D eigenvalue weighted by Crippen LogP contribution is 2.33. The third-order valence-corrected chi connectivity index (χ3v) is 5.90. The van der Waals surface area contributed by atoms with Gasteiger partial charge in [-0.1, -0.05) is 43.8 Å². The minimum atomic E-state index is 0.203. The van der Waals surface area contributed by atoms with E-state index in [1.807, 2.05) is 50.2 Å². The Bertz CT molecular complexity index is 936. The van der Waals surface area contributed by atoms with Gasteiger partial charge in [0, 0.05) is 17.2 Å². The number of aromatic hydroxyl groups is 1. The first-order chi connectivity index (χ1) is 14.0. The third-order valence-electron chi connectivity index (χ3n) is 4.89. The van der Waals surface area contributed by atoms with Crippen LogP contribution in [0.15, 0.2) is 46.0 Å². The summed E-state index contributed by atoms with van der Waals surface area (Å²) in [6, 6.07) is 11.5. The van der Waals surface area contributed by atoms with Crippen molar-refractivity contribution in [2.24, 2.45) is 5.92 Å². The monoisotopic (exact) mass is 413 g/mol. The minimum absolute atomic E-state index is 0.203. The second-order valence-electron chi connectivity index (χ2n) is 7.42. The Morgan fingerprint density at radius 2 is 2.03 bits per heavy atom. The van der Waals surface area contributed by atoms with Crippen molar-refractivity contribution in [3.05, 3.63) is 47.5 Å². The molecular formula is C23H27NO4S. The number of aromatic nitrogens is 1. The number of para-hydroxylation sites is 2. The topological polar surface area (TPSA) is 72.6 Å². The number of ether oxygens (including phenoxy) is 1. The first-order valence-electron chi connectivity index (χ1n) is 9.88. The molecule has 29 heavy (non-hydrogen) atoms. The Morgan fingerprint density at radius 3 is 2.79 bits per heavy atom. The zero-order chi connectivity index (χ0) is 20.8. The molecule has 0 aliphatic rings. The molecule has 0 spiro atoms. The average molecular weight is 414 g/mol. The fourth-order valence-electron chi connectivity index (χ4n) is 3.15. The second-order valence-corrected chi connectivity index (χ2v) is 8.81. The summed E-state index contributed by atoms with van der Waals surface area (Å²) in [6.07, 6.45) is 2.91. The number of benzene rings is 2. The van der Waals surface area contributed by atoms with E-state index in [1.165, 1.54) is 0 Å². The summed E-state index contributed by atoms with van der Waals surface area (Å²) in [5.74, 6) is 1.15. The van der Waals surface area contributed by atoms with E-state index in [0.29, 0.717) is 30.4 Å². The number of rotatable bonds is 10. The van der Waals surface area contributed by atoms with E-state index in [0.717, 1.165) is 34.9 Å². The number of hydrogen-bond donors (Lipinski definition) is 1. The highest BCUT2D eigenvalue weighted by molar-refractivity contribution is 7.99. The molecule has 3 aromatic rings. The zero-order valence-corrected chi connectivity index (χ0v) is 17.9. The molecule has 2 unspecified atom stereocenters. The minimum Gasteiger partial charge on any atom is -0.507 e. The number of nitrogens with zero attached hydrogens (tertiary/aromatic N) is 1. The normalized spacial score (nSPS) is 13.3.